The lowest BCUT2D eigenvalue weighted by molar-refractivity contribution is 0.0654. The number of anilines is 1. The molecule has 0 spiro atoms. The van der Waals surface area contributed by atoms with E-state index < -0.39 is 0 Å². The molecule has 0 atom stereocenters. The summed E-state index contributed by atoms with van der Waals surface area (Å²) in [7, 11) is 1.65. The molecule has 0 aliphatic heterocycles. The summed E-state index contributed by atoms with van der Waals surface area (Å²) in [6.45, 7) is 4.53. The van der Waals surface area contributed by atoms with Gasteiger partial charge in [-0.15, -0.1) is 0 Å². The van der Waals surface area contributed by atoms with E-state index in [9.17, 15) is 0 Å². The van der Waals surface area contributed by atoms with Crippen LogP contribution in [-0.2, 0) is 16.0 Å². The van der Waals surface area contributed by atoms with Crippen LogP contribution < -0.4 is 5.73 Å². The third-order valence-electron chi connectivity index (χ3n) is 1.88. The van der Waals surface area contributed by atoms with E-state index in [1.165, 1.54) is 0 Å². The number of nitrogens with two attached hydrogens (primary N) is 1. The van der Waals surface area contributed by atoms with E-state index in [1.807, 2.05) is 13.1 Å². The quantitative estimate of drug-likeness (QED) is 0.675. The summed E-state index contributed by atoms with van der Waals surface area (Å²) in [6, 6.07) is 0. The van der Waals surface area contributed by atoms with Crippen molar-refractivity contribution in [3.05, 3.63) is 11.8 Å². The lowest BCUT2D eigenvalue weighted by atomic mass is 10.4. The molecule has 0 saturated heterocycles. The summed E-state index contributed by atoms with van der Waals surface area (Å²) in [5.41, 5.74) is 6.60. The lowest BCUT2D eigenvalue weighted by Gasteiger charge is -2.03. The van der Waals surface area contributed by atoms with Gasteiger partial charge in [0.05, 0.1) is 26.4 Å². The van der Waals surface area contributed by atoms with Crippen molar-refractivity contribution in [2.45, 2.75) is 13.5 Å². The first-order valence-electron chi connectivity index (χ1n) is 4.60. The minimum Gasteiger partial charge on any atom is -0.382 e. The van der Waals surface area contributed by atoms with Crippen LogP contribution in [0.3, 0.4) is 0 Å². The fraction of sp³-hybridized carbons (Fsp3) is 0.667. The van der Waals surface area contributed by atoms with Gasteiger partial charge in [0, 0.05) is 18.9 Å². The Morgan fingerprint density at radius 2 is 2.21 bits per heavy atom. The molecule has 0 amide bonds. The predicted molar refractivity (Wildman–Crippen MR) is 54.1 cm³/mol. The molecule has 0 saturated carbocycles. The molecule has 0 unspecified atom stereocenters. The highest BCUT2D eigenvalue weighted by atomic mass is 16.5. The minimum atomic E-state index is 0.585. The second-order valence-electron chi connectivity index (χ2n) is 3.07. The largest absolute Gasteiger partial charge is 0.382 e. The molecule has 1 rings (SSSR count). The average molecular weight is 199 g/mol. The van der Waals surface area contributed by atoms with Crippen molar-refractivity contribution in [2.75, 3.05) is 32.7 Å². The minimum absolute atomic E-state index is 0.585. The van der Waals surface area contributed by atoms with Crippen LogP contribution in [0.1, 0.15) is 5.56 Å². The summed E-state index contributed by atoms with van der Waals surface area (Å²) < 4.78 is 11.9. The van der Waals surface area contributed by atoms with Gasteiger partial charge in [0.15, 0.2) is 0 Å². The molecule has 0 radical (unpaired) electrons. The SMILES string of the molecule is COCCOCCn1cc(C)c(N)n1. The molecule has 1 aromatic rings. The van der Waals surface area contributed by atoms with Crippen LogP contribution in [0, 0.1) is 6.92 Å². The maximum Gasteiger partial charge on any atom is 0.148 e. The van der Waals surface area contributed by atoms with Gasteiger partial charge in [-0.25, -0.2) is 0 Å². The van der Waals surface area contributed by atoms with E-state index in [4.69, 9.17) is 15.2 Å². The number of hydrogen-bond donors (Lipinski definition) is 1. The highest BCUT2D eigenvalue weighted by Crippen LogP contribution is 2.05. The first-order chi connectivity index (χ1) is 6.74. The van der Waals surface area contributed by atoms with Crippen LogP contribution in [0.5, 0.6) is 0 Å². The monoisotopic (exact) mass is 199 g/mol. The van der Waals surface area contributed by atoms with Crippen LogP contribution >= 0.6 is 0 Å². The maximum atomic E-state index is 5.60. The van der Waals surface area contributed by atoms with Crippen molar-refractivity contribution in [1.29, 1.82) is 0 Å². The zero-order chi connectivity index (χ0) is 10.4. The fourth-order valence-electron chi connectivity index (χ4n) is 1.05. The van der Waals surface area contributed by atoms with Gasteiger partial charge in [0.1, 0.15) is 5.82 Å². The van der Waals surface area contributed by atoms with Crippen molar-refractivity contribution in [3.8, 4) is 0 Å². The zero-order valence-corrected chi connectivity index (χ0v) is 8.69. The topological polar surface area (TPSA) is 62.3 Å². The number of hydrogen-bond acceptors (Lipinski definition) is 4. The molecule has 2 N–H and O–H groups in total. The third-order valence-corrected chi connectivity index (χ3v) is 1.88. The number of aromatic nitrogens is 2. The van der Waals surface area contributed by atoms with Gasteiger partial charge in [-0.2, -0.15) is 5.10 Å². The van der Waals surface area contributed by atoms with E-state index in [0.717, 1.165) is 12.1 Å². The molecule has 0 bridgehead atoms. The van der Waals surface area contributed by atoms with Crippen molar-refractivity contribution in [1.82, 2.24) is 9.78 Å². The molecule has 5 nitrogen and oxygen atoms in total. The lowest BCUT2D eigenvalue weighted by Crippen LogP contribution is -2.09. The van der Waals surface area contributed by atoms with Gasteiger partial charge in [-0.05, 0) is 6.92 Å². The molecule has 1 aromatic heterocycles. The molecule has 0 aromatic carbocycles. The van der Waals surface area contributed by atoms with Crippen LogP contribution in [0.2, 0.25) is 0 Å². The van der Waals surface area contributed by atoms with Gasteiger partial charge < -0.3 is 15.2 Å². The van der Waals surface area contributed by atoms with E-state index in [0.29, 0.717) is 25.6 Å². The molecular formula is C9H17N3O2. The Balaban J connectivity index is 2.18. The van der Waals surface area contributed by atoms with Gasteiger partial charge in [-0.1, -0.05) is 0 Å². The second kappa shape index (κ2) is 5.62. The number of methoxy groups -OCH3 is 1. The summed E-state index contributed by atoms with van der Waals surface area (Å²) in [6.07, 6.45) is 1.91. The molecule has 0 fully saturated rings. The average Bonchev–Trinajstić information content (AvgIpc) is 2.46. The second-order valence-corrected chi connectivity index (χ2v) is 3.07. The maximum absolute atomic E-state index is 5.60. The van der Waals surface area contributed by atoms with E-state index >= 15 is 0 Å². The normalized spacial score (nSPS) is 10.7. The van der Waals surface area contributed by atoms with E-state index in [2.05, 4.69) is 5.10 Å². The Morgan fingerprint density at radius 3 is 2.79 bits per heavy atom. The first-order valence-corrected chi connectivity index (χ1v) is 4.60. The Morgan fingerprint density at radius 1 is 1.43 bits per heavy atom. The van der Waals surface area contributed by atoms with Crippen LogP contribution in [0.25, 0.3) is 0 Å². The van der Waals surface area contributed by atoms with Gasteiger partial charge in [0.2, 0.25) is 0 Å². The molecule has 80 valence electrons. The first kappa shape index (κ1) is 11.0. The Labute approximate surface area is 83.8 Å². The van der Waals surface area contributed by atoms with Gasteiger partial charge in [-0.3, -0.25) is 4.68 Å². The molecule has 0 aliphatic rings. The third kappa shape index (κ3) is 3.35. The van der Waals surface area contributed by atoms with Gasteiger partial charge in [0.25, 0.3) is 0 Å². The summed E-state index contributed by atoms with van der Waals surface area (Å²) in [5.74, 6) is 0.585. The molecule has 5 heteroatoms. The predicted octanol–water partition coefficient (Wildman–Crippen LogP) is 0.437. The highest BCUT2D eigenvalue weighted by molar-refractivity contribution is 5.35. The zero-order valence-electron chi connectivity index (χ0n) is 8.69. The number of nitrogen functional groups attached to an aromatic ring is 1. The summed E-state index contributed by atoms with van der Waals surface area (Å²) in [4.78, 5) is 0. The van der Waals surface area contributed by atoms with Crippen molar-refractivity contribution >= 4 is 5.82 Å². The van der Waals surface area contributed by atoms with E-state index in [-0.39, 0.29) is 0 Å². The van der Waals surface area contributed by atoms with Crippen molar-refractivity contribution in [3.63, 3.8) is 0 Å². The number of aryl methyl sites for hydroxylation is 1. The molecule has 14 heavy (non-hydrogen) atoms. The fourth-order valence-corrected chi connectivity index (χ4v) is 1.05. The summed E-state index contributed by atoms with van der Waals surface area (Å²) in [5, 5.41) is 4.11. The smallest absolute Gasteiger partial charge is 0.148 e. The van der Waals surface area contributed by atoms with Crippen LogP contribution in [0.15, 0.2) is 6.20 Å². The molecule has 1 heterocycles. The van der Waals surface area contributed by atoms with Crippen molar-refractivity contribution in [2.24, 2.45) is 0 Å². The standard InChI is InChI=1S/C9H17N3O2/c1-8-7-12(11-9(8)10)3-4-14-6-5-13-2/h7H,3-6H2,1-2H3,(H2,10,11). The Hall–Kier alpha value is -1.07. The van der Waals surface area contributed by atoms with Crippen LogP contribution in [-0.4, -0.2) is 36.7 Å². The highest BCUT2D eigenvalue weighted by Gasteiger charge is 1.99. The van der Waals surface area contributed by atoms with E-state index in [1.54, 1.807) is 11.8 Å². The van der Waals surface area contributed by atoms with Crippen LogP contribution in [0.4, 0.5) is 5.82 Å². The molecule has 0 aliphatic carbocycles. The Kier molecular flexibility index (Phi) is 4.42. The number of rotatable bonds is 6. The number of nitrogens with zero attached hydrogens (tertiary/aromatic N) is 2. The summed E-state index contributed by atoms with van der Waals surface area (Å²) >= 11 is 0. The Bertz CT molecular complexity index is 254. The van der Waals surface area contributed by atoms with Crippen molar-refractivity contribution < 1.29 is 9.47 Å². The van der Waals surface area contributed by atoms with Gasteiger partial charge >= 0.3 is 0 Å². The number of ether oxygens (including phenoxy) is 2. The molecular weight excluding hydrogens is 182 g/mol.